The van der Waals surface area contributed by atoms with E-state index < -0.39 is 16.2 Å². The third-order valence-electron chi connectivity index (χ3n) is 12.0. The third-order valence-corrected chi connectivity index (χ3v) is 12.0. The van der Waals surface area contributed by atoms with E-state index in [0.717, 1.165) is 16.7 Å². The molecule has 17 heteroatoms. The minimum absolute atomic E-state index is 0.0675. The summed E-state index contributed by atoms with van der Waals surface area (Å²) in [4.78, 5) is 41.6. The van der Waals surface area contributed by atoms with Crippen LogP contribution in [0, 0.1) is 16.2 Å². The molecule has 2 aromatic carbocycles. The van der Waals surface area contributed by atoms with Crippen LogP contribution in [0.25, 0.3) is 0 Å². The van der Waals surface area contributed by atoms with Gasteiger partial charge in [-0.2, -0.15) is 0 Å². The minimum atomic E-state index is -0.892. The summed E-state index contributed by atoms with van der Waals surface area (Å²) in [6, 6.07) is 18.7. The molecule has 17 nitrogen and oxygen atoms in total. The van der Waals surface area contributed by atoms with Crippen LogP contribution in [0.15, 0.2) is 104 Å². The lowest BCUT2D eigenvalue weighted by molar-refractivity contribution is -0.155. The normalized spacial score (nSPS) is 13.8. The molecule has 0 bridgehead atoms. The monoisotopic (exact) mass is 935 g/mol. The number of carbonyl (C=O) groups excluding carboxylic acids is 3. The van der Waals surface area contributed by atoms with E-state index in [-0.39, 0.29) is 62.5 Å². The summed E-state index contributed by atoms with van der Waals surface area (Å²) in [7, 11) is 0. The highest BCUT2D eigenvalue weighted by Crippen LogP contribution is 2.37. The van der Waals surface area contributed by atoms with Crippen molar-refractivity contribution in [3.05, 3.63) is 132 Å². The number of rotatable bonds is 27. The Balaban J connectivity index is 1.50. The fourth-order valence-corrected chi connectivity index (χ4v) is 8.14. The Morgan fingerprint density at radius 1 is 0.647 bits per heavy atom. The largest absolute Gasteiger partial charge is 0.466 e. The molecular formula is C51H70N10O7. The molecule has 366 valence electrons. The smallest absolute Gasteiger partial charge is 0.311 e. The van der Waals surface area contributed by atoms with Crippen LogP contribution in [0.2, 0.25) is 0 Å². The summed E-state index contributed by atoms with van der Waals surface area (Å²) in [5.41, 5.74) is 2.25. The van der Waals surface area contributed by atoms with Gasteiger partial charge in [0.1, 0.15) is 0 Å². The fourth-order valence-electron chi connectivity index (χ4n) is 8.14. The van der Waals surface area contributed by atoms with Gasteiger partial charge in [-0.15, -0.1) is 15.3 Å². The number of aromatic nitrogens is 9. The van der Waals surface area contributed by atoms with E-state index in [9.17, 15) is 19.5 Å². The first-order valence-corrected chi connectivity index (χ1v) is 23.4. The summed E-state index contributed by atoms with van der Waals surface area (Å²) in [6.45, 7) is 22.3. The number of hydrogen-bond donors (Lipinski definition) is 1. The van der Waals surface area contributed by atoms with Crippen molar-refractivity contribution in [1.29, 1.82) is 0 Å². The zero-order valence-corrected chi connectivity index (χ0v) is 41.2. The number of nitrogens with zero attached hydrogens (tertiary/aromatic N) is 10. The molecule has 5 aromatic rings. The van der Waals surface area contributed by atoms with Crippen LogP contribution < -0.4 is 0 Å². The highest BCUT2D eigenvalue weighted by Gasteiger charge is 2.37. The lowest BCUT2D eigenvalue weighted by Crippen LogP contribution is -2.31. The molecule has 0 saturated heterocycles. The van der Waals surface area contributed by atoms with Gasteiger partial charge in [-0.3, -0.25) is 19.3 Å². The molecule has 0 amide bonds. The zero-order chi connectivity index (χ0) is 49.5. The predicted molar refractivity (Wildman–Crippen MR) is 256 cm³/mol. The van der Waals surface area contributed by atoms with Gasteiger partial charge in [0.15, 0.2) is 0 Å². The van der Waals surface area contributed by atoms with Gasteiger partial charge in [-0.25, -0.2) is 14.0 Å². The van der Waals surface area contributed by atoms with E-state index in [2.05, 4.69) is 42.4 Å². The minimum Gasteiger partial charge on any atom is -0.466 e. The second-order valence-corrected chi connectivity index (χ2v) is 19.0. The number of benzene rings is 2. The van der Waals surface area contributed by atoms with Crippen molar-refractivity contribution in [2.24, 2.45) is 16.2 Å². The molecule has 0 radical (unpaired) electrons. The van der Waals surface area contributed by atoms with Gasteiger partial charge in [-0.05, 0) is 98.3 Å². The first-order chi connectivity index (χ1) is 32.4. The first kappa shape index (κ1) is 52.6. The summed E-state index contributed by atoms with van der Waals surface area (Å²) in [5.74, 6) is -0.946. The Morgan fingerprint density at radius 2 is 1.04 bits per heavy atom. The Labute approximate surface area is 400 Å². The molecule has 0 fully saturated rings. The van der Waals surface area contributed by atoms with E-state index in [4.69, 9.17) is 14.2 Å². The zero-order valence-electron chi connectivity index (χ0n) is 41.2. The number of carbonyl (C=O) groups is 3. The van der Waals surface area contributed by atoms with E-state index >= 15 is 0 Å². The van der Waals surface area contributed by atoms with Crippen molar-refractivity contribution in [3.63, 3.8) is 0 Å². The Morgan fingerprint density at radius 3 is 1.44 bits per heavy atom. The predicted octanol–water partition coefficient (Wildman–Crippen LogP) is 7.82. The van der Waals surface area contributed by atoms with Crippen molar-refractivity contribution in [2.45, 2.75) is 126 Å². The standard InChI is InChI=1S/C51H70N10O7/c1-11-37(12-2)43(28-49(5,6)46(63)66-13-3)59-34-40(52-55-59)31-58(32-41-35-60(56-53-41)44(38-22-17-15-18-23-38)29-50(7,8)47(64)67-14-4)33-42-36-61(57-54-42)45(39-24-19-16-20-25-39)30-51(9,10)48(65)68-27-21-26-62/h11-12,15-20,22-25,34-36,43-45,62H,1,13-14,21,26-33H2,2-10H3/b37-12+. The molecule has 68 heavy (non-hydrogen) atoms. The number of aliphatic hydroxyl groups excluding tert-OH is 1. The molecule has 1 N–H and O–H groups in total. The number of allylic oxidation sites excluding steroid dienone is 3. The molecule has 5 rings (SSSR count). The van der Waals surface area contributed by atoms with Crippen LogP contribution in [-0.4, -0.2) is 99.3 Å². The van der Waals surface area contributed by atoms with Crippen molar-refractivity contribution in [3.8, 4) is 0 Å². The summed E-state index contributed by atoms with van der Waals surface area (Å²) >= 11 is 0. The van der Waals surface area contributed by atoms with Gasteiger partial charge < -0.3 is 19.3 Å². The molecular weight excluding hydrogens is 865 g/mol. The van der Waals surface area contributed by atoms with Gasteiger partial charge in [0.2, 0.25) is 0 Å². The molecule has 0 saturated carbocycles. The highest BCUT2D eigenvalue weighted by molar-refractivity contribution is 5.77. The van der Waals surface area contributed by atoms with Crippen molar-refractivity contribution >= 4 is 17.9 Å². The SMILES string of the molecule is C=C/C(=C\C)C(CC(C)(C)C(=O)OCC)n1cc(CN(Cc2cn(C(CC(C)(C)C(=O)OCC)c3ccccc3)nn2)Cc2cn(C(CC(C)(C)C(=O)OCCCO)c3ccccc3)nn2)nn1. The number of esters is 3. The average Bonchev–Trinajstić information content (AvgIpc) is 4.10. The van der Waals surface area contributed by atoms with Crippen LogP contribution in [-0.2, 0) is 48.2 Å². The van der Waals surface area contributed by atoms with E-state index in [1.807, 2.05) is 134 Å². The van der Waals surface area contributed by atoms with Crippen molar-refractivity contribution < 1.29 is 33.7 Å². The van der Waals surface area contributed by atoms with Gasteiger partial charge in [0, 0.05) is 32.7 Å². The van der Waals surface area contributed by atoms with E-state index in [1.54, 1.807) is 34.0 Å². The summed E-state index contributed by atoms with van der Waals surface area (Å²) in [5, 5.41) is 37.1. The Bertz CT molecular complexity index is 2420. The molecule has 0 aliphatic carbocycles. The van der Waals surface area contributed by atoms with Crippen molar-refractivity contribution in [1.82, 2.24) is 49.9 Å². The average molecular weight is 935 g/mol. The van der Waals surface area contributed by atoms with Crippen LogP contribution in [0.4, 0.5) is 0 Å². The second-order valence-electron chi connectivity index (χ2n) is 19.0. The van der Waals surface area contributed by atoms with E-state index in [1.165, 1.54) is 0 Å². The number of hydrogen-bond acceptors (Lipinski definition) is 14. The molecule has 3 heterocycles. The lowest BCUT2D eigenvalue weighted by Gasteiger charge is -2.28. The van der Waals surface area contributed by atoms with Crippen LogP contribution in [0.5, 0.6) is 0 Å². The number of ether oxygens (including phenoxy) is 3. The quantitative estimate of drug-likeness (QED) is 0.0232. The van der Waals surface area contributed by atoms with Crippen LogP contribution >= 0.6 is 0 Å². The van der Waals surface area contributed by atoms with Crippen molar-refractivity contribution in [2.75, 3.05) is 26.4 Å². The van der Waals surface area contributed by atoms with Crippen LogP contribution in [0.1, 0.15) is 134 Å². The summed E-state index contributed by atoms with van der Waals surface area (Å²) < 4.78 is 21.8. The number of aliphatic hydroxyl groups is 1. The maximum absolute atomic E-state index is 13.3. The van der Waals surface area contributed by atoms with E-state index in [0.29, 0.717) is 62.4 Å². The van der Waals surface area contributed by atoms with Crippen LogP contribution in [0.3, 0.4) is 0 Å². The Kier molecular flexibility index (Phi) is 18.7. The lowest BCUT2D eigenvalue weighted by atomic mass is 9.83. The molecule has 0 aliphatic rings. The maximum Gasteiger partial charge on any atom is 0.311 e. The fraction of sp³-hybridized carbons (Fsp3) is 0.510. The first-order valence-electron chi connectivity index (χ1n) is 23.4. The molecule has 0 spiro atoms. The van der Waals surface area contributed by atoms with Gasteiger partial charge >= 0.3 is 17.9 Å². The summed E-state index contributed by atoms with van der Waals surface area (Å²) in [6.07, 6.45) is 11.0. The maximum atomic E-state index is 13.3. The second kappa shape index (κ2) is 24.1. The third kappa shape index (κ3) is 14.1. The molecule has 3 unspecified atom stereocenters. The molecule has 3 atom stereocenters. The topological polar surface area (TPSA) is 194 Å². The molecule has 3 aromatic heterocycles. The Hall–Kier alpha value is -6.33. The van der Waals surface area contributed by atoms with Gasteiger partial charge in [0.25, 0.3) is 0 Å². The van der Waals surface area contributed by atoms with Gasteiger partial charge in [-0.1, -0.05) is 95.0 Å². The highest BCUT2D eigenvalue weighted by atomic mass is 16.5. The molecule has 0 aliphatic heterocycles. The van der Waals surface area contributed by atoms with Gasteiger partial charge in [0.05, 0.1) is 89.9 Å².